The van der Waals surface area contributed by atoms with Crippen LogP contribution in [-0.4, -0.2) is 55.5 Å². The Balaban J connectivity index is 1.25. The maximum atomic E-state index is 13.8. The van der Waals surface area contributed by atoms with Crippen molar-refractivity contribution in [3.8, 4) is 5.75 Å². The molecular formula is C26H29N6O7P. The molecule has 2 aromatic heterocycles. The summed E-state index contributed by atoms with van der Waals surface area (Å²) in [6.45, 7) is 1.35. The van der Waals surface area contributed by atoms with Crippen LogP contribution in [0.15, 0.2) is 73.3 Å². The summed E-state index contributed by atoms with van der Waals surface area (Å²) in [5.41, 5.74) is 7.47. The SMILES string of the molecule is C[C@H](NP(=O)(OC[C@@H]1C[C@@H](O)[C@H](n2cnc3c(N)ncnc32)O1)Oc1ccccc1)C(=O)OCc1ccccc1. The highest BCUT2D eigenvalue weighted by Gasteiger charge is 2.39. The number of carbonyl (C=O) groups is 1. The van der Waals surface area contributed by atoms with Crippen LogP contribution in [0, 0.1) is 0 Å². The first kappa shape index (κ1) is 27.7. The summed E-state index contributed by atoms with van der Waals surface area (Å²) in [6, 6.07) is 16.6. The molecule has 0 saturated carbocycles. The normalized spacial score (nSPS) is 21.1. The van der Waals surface area contributed by atoms with Gasteiger partial charge >= 0.3 is 13.7 Å². The van der Waals surface area contributed by atoms with Crippen molar-refractivity contribution in [3.63, 3.8) is 0 Å². The number of esters is 1. The van der Waals surface area contributed by atoms with Gasteiger partial charge in [0, 0.05) is 6.42 Å². The lowest BCUT2D eigenvalue weighted by molar-refractivity contribution is -0.146. The summed E-state index contributed by atoms with van der Waals surface area (Å²) in [4.78, 5) is 25.0. The van der Waals surface area contributed by atoms with Crippen molar-refractivity contribution in [2.75, 3.05) is 12.3 Å². The molecule has 1 unspecified atom stereocenters. The number of hydrogen-bond acceptors (Lipinski definition) is 11. The van der Waals surface area contributed by atoms with Gasteiger partial charge in [0.25, 0.3) is 0 Å². The maximum absolute atomic E-state index is 13.8. The second-order valence-corrected chi connectivity index (χ2v) is 10.9. The number of aliphatic hydroxyl groups is 1. The third-order valence-corrected chi connectivity index (χ3v) is 7.80. The molecule has 1 aliphatic heterocycles. The highest BCUT2D eigenvalue weighted by molar-refractivity contribution is 7.52. The lowest BCUT2D eigenvalue weighted by atomic mass is 10.2. The largest absolute Gasteiger partial charge is 0.460 e. The number of carbonyl (C=O) groups excluding carboxylic acids is 1. The fourth-order valence-corrected chi connectivity index (χ4v) is 5.70. The zero-order valence-electron chi connectivity index (χ0n) is 21.6. The monoisotopic (exact) mass is 568 g/mol. The minimum Gasteiger partial charge on any atom is -0.460 e. The van der Waals surface area contributed by atoms with Gasteiger partial charge < -0.3 is 24.8 Å². The van der Waals surface area contributed by atoms with E-state index in [-0.39, 0.29) is 31.2 Å². The number of para-hydroxylation sites is 1. The van der Waals surface area contributed by atoms with Crippen LogP contribution in [0.2, 0.25) is 0 Å². The van der Waals surface area contributed by atoms with Gasteiger partial charge in [-0.05, 0) is 24.6 Å². The standard InChI is InChI=1S/C26H29N6O7P/c1-17(26(34)36-13-18-8-4-2-5-9-18)31-40(35,39-19-10-6-3-7-11-19)37-14-20-12-21(33)25(38-20)32-16-30-22-23(27)28-15-29-24(22)32/h2-11,15-17,20-21,25,33H,12-14H2,1H3,(H,31,35)(H2,27,28,29)/t17-,20-,21+,25+,40?/m0/s1. The zero-order chi connectivity index (χ0) is 28.1. The number of aromatic nitrogens is 4. The predicted molar refractivity (Wildman–Crippen MR) is 144 cm³/mol. The third kappa shape index (κ3) is 6.46. The second-order valence-electron chi connectivity index (χ2n) is 9.18. The van der Waals surface area contributed by atoms with Gasteiger partial charge in [0.05, 0.1) is 19.0 Å². The molecule has 0 amide bonds. The number of benzene rings is 2. The number of nitrogen functional groups attached to an aromatic ring is 1. The number of nitrogens with two attached hydrogens (primary N) is 1. The van der Waals surface area contributed by atoms with Crippen molar-refractivity contribution in [1.82, 2.24) is 24.6 Å². The third-order valence-electron chi connectivity index (χ3n) is 6.16. The molecule has 0 bridgehead atoms. The maximum Gasteiger partial charge on any atom is 0.459 e. The van der Waals surface area contributed by atoms with Crippen LogP contribution >= 0.6 is 7.75 Å². The molecule has 40 heavy (non-hydrogen) atoms. The highest BCUT2D eigenvalue weighted by Crippen LogP contribution is 2.46. The number of ether oxygens (including phenoxy) is 2. The van der Waals surface area contributed by atoms with Crippen LogP contribution in [0.5, 0.6) is 5.75 Å². The predicted octanol–water partition coefficient (Wildman–Crippen LogP) is 2.98. The number of fused-ring (bicyclic) bond motifs is 1. The van der Waals surface area contributed by atoms with Crippen LogP contribution in [0.1, 0.15) is 25.1 Å². The van der Waals surface area contributed by atoms with Crippen LogP contribution in [0.25, 0.3) is 11.2 Å². The quantitative estimate of drug-likeness (QED) is 0.179. The number of imidazole rings is 1. The van der Waals surface area contributed by atoms with Gasteiger partial charge in [-0.2, -0.15) is 5.09 Å². The van der Waals surface area contributed by atoms with E-state index in [2.05, 4.69) is 20.0 Å². The van der Waals surface area contributed by atoms with E-state index < -0.39 is 38.2 Å². The molecule has 210 valence electrons. The Hall–Kier alpha value is -3.87. The van der Waals surface area contributed by atoms with E-state index in [0.29, 0.717) is 11.2 Å². The number of nitrogens with zero attached hydrogens (tertiary/aromatic N) is 4. The molecule has 1 saturated heterocycles. The van der Waals surface area contributed by atoms with Crippen molar-refractivity contribution in [3.05, 3.63) is 78.9 Å². The number of hydrogen-bond donors (Lipinski definition) is 3. The first-order chi connectivity index (χ1) is 19.3. The van der Waals surface area contributed by atoms with Crippen LogP contribution in [0.4, 0.5) is 5.82 Å². The molecule has 4 N–H and O–H groups in total. The molecule has 1 fully saturated rings. The molecule has 1 aliphatic rings. The zero-order valence-corrected chi connectivity index (χ0v) is 22.5. The summed E-state index contributed by atoms with van der Waals surface area (Å²) < 4.78 is 38.1. The van der Waals surface area contributed by atoms with Crippen molar-refractivity contribution in [2.24, 2.45) is 0 Å². The summed E-state index contributed by atoms with van der Waals surface area (Å²) in [7, 11) is -4.11. The van der Waals surface area contributed by atoms with E-state index in [1.807, 2.05) is 30.3 Å². The first-order valence-electron chi connectivity index (χ1n) is 12.6. The molecule has 5 rings (SSSR count). The van der Waals surface area contributed by atoms with E-state index in [1.165, 1.54) is 19.6 Å². The molecule has 0 radical (unpaired) electrons. The Labute approximate surface area is 229 Å². The van der Waals surface area contributed by atoms with Gasteiger partial charge in [-0.25, -0.2) is 19.5 Å². The Kier molecular flexibility index (Phi) is 8.38. The van der Waals surface area contributed by atoms with Crippen molar-refractivity contribution in [2.45, 2.75) is 44.4 Å². The molecule has 5 atom stereocenters. The summed E-state index contributed by atoms with van der Waals surface area (Å²) in [6.07, 6.45) is 0.503. The van der Waals surface area contributed by atoms with Crippen LogP contribution in [0.3, 0.4) is 0 Å². The molecular weight excluding hydrogens is 539 g/mol. The molecule has 3 heterocycles. The number of anilines is 1. The molecule has 14 heteroatoms. The lowest BCUT2D eigenvalue weighted by Gasteiger charge is -2.24. The number of rotatable bonds is 11. The van der Waals surface area contributed by atoms with Crippen molar-refractivity contribution >= 4 is 30.7 Å². The average molecular weight is 569 g/mol. The van der Waals surface area contributed by atoms with Gasteiger partial charge in [0.2, 0.25) is 0 Å². The van der Waals surface area contributed by atoms with Crippen LogP contribution in [-0.2, 0) is 30.0 Å². The first-order valence-corrected chi connectivity index (χ1v) is 14.1. The Bertz CT molecular complexity index is 1490. The van der Waals surface area contributed by atoms with E-state index >= 15 is 0 Å². The van der Waals surface area contributed by atoms with Crippen LogP contribution < -0.4 is 15.3 Å². The lowest BCUT2D eigenvalue weighted by Crippen LogP contribution is -2.35. The van der Waals surface area contributed by atoms with Crippen molar-refractivity contribution < 1.29 is 33.0 Å². The number of nitrogens with one attached hydrogen (secondary N) is 1. The Morgan fingerprint density at radius 3 is 2.65 bits per heavy atom. The molecule has 0 aliphatic carbocycles. The molecule has 0 spiro atoms. The number of aliphatic hydroxyl groups excluding tert-OH is 1. The summed E-state index contributed by atoms with van der Waals surface area (Å²) >= 11 is 0. The minimum atomic E-state index is -4.11. The van der Waals surface area contributed by atoms with Gasteiger partial charge in [-0.1, -0.05) is 48.5 Å². The van der Waals surface area contributed by atoms with Gasteiger partial charge in [0.15, 0.2) is 17.7 Å². The summed E-state index contributed by atoms with van der Waals surface area (Å²) in [5, 5.41) is 13.4. The van der Waals surface area contributed by atoms with Gasteiger partial charge in [0.1, 0.15) is 36.3 Å². The van der Waals surface area contributed by atoms with Crippen molar-refractivity contribution in [1.29, 1.82) is 0 Å². The smallest absolute Gasteiger partial charge is 0.459 e. The minimum absolute atomic E-state index is 0.0606. The fourth-order valence-electron chi connectivity index (χ4n) is 4.18. The molecule has 2 aromatic carbocycles. The van der Waals surface area contributed by atoms with E-state index in [9.17, 15) is 14.5 Å². The topological polar surface area (TPSA) is 173 Å². The van der Waals surface area contributed by atoms with E-state index in [1.54, 1.807) is 34.9 Å². The Morgan fingerprint density at radius 1 is 1.18 bits per heavy atom. The highest BCUT2D eigenvalue weighted by atomic mass is 31.2. The molecule has 13 nitrogen and oxygen atoms in total. The van der Waals surface area contributed by atoms with E-state index in [4.69, 9.17) is 24.3 Å². The average Bonchev–Trinajstić information content (AvgIpc) is 3.55. The van der Waals surface area contributed by atoms with Gasteiger partial charge in [-0.3, -0.25) is 13.9 Å². The second kappa shape index (κ2) is 12.1. The Morgan fingerprint density at radius 2 is 1.90 bits per heavy atom. The van der Waals surface area contributed by atoms with Gasteiger partial charge in [-0.15, -0.1) is 0 Å². The molecule has 4 aromatic rings. The fraction of sp³-hybridized carbons (Fsp3) is 0.308. The van der Waals surface area contributed by atoms with E-state index in [0.717, 1.165) is 5.56 Å². The summed E-state index contributed by atoms with van der Waals surface area (Å²) in [5.74, 6) is -0.154.